The van der Waals surface area contributed by atoms with E-state index in [1.165, 1.54) is 11.1 Å². The molecule has 0 aliphatic rings. The minimum Gasteiger partial charge on any atom is -0.284 e. The average molecular weight is 197 g/mol. The molecule has 0 atom stereocenters. The molecule has 3 aromatic rings. The van der Waals surface area contributed by atoms with Crippen LogP contribution in [0, 0.1) is 13.8 Å². The molecule has 3 aromatic heterocycles. The zero-order chi connectivity index (χ0) is 10.4. The smallest absolute Gasteiger partial charge is 0.164 e. The molecule has 0 aromatic carbocycles. The van der Waals surface area contributed by atoms with Gasteiger partial charge in [0.25, 0.3) is 0 Å². The standard InChI is InChI=1S/C12H11N3/c1-8-4-6-15-10(7-8)14-11-9(2)3-5-13-12(11)15/h3-7H,1-2H3. The number of pyridine rings is 2. The lowest BCUT2D eigenvalue weighted by molar-refractivity contribution is 1.17. The largest absolute Gasteiger partial charge is 0.284 e. The molecule has 15 heavy (non-hydrogen) atoms. The van der Waals surface area contributed by atoms with Crippen LogP contribution in [-0.4, -0.2) is 14.4 Å². The fourth-order valence-corrected chi connectivity index (χ4v) is 1.82. The molecule has 0 bridgehead atoms. The maximum absolute atomic E-state index is 4.58. The van der Waals surface area contributed by atoms with Gasteiger partial charge in [-0.15, -0.1) is 0 Å². The van der Waals surface area contributed by atoms with Crippen LogP contribution in [0.2, 0.25) is 0 Å². The van der Waals surface area contributed by atoms with Crippen LogP contribution in [0.15, 0.2) is 30.6 Å². The molecule has 74 valence electrons. The van der Waals surface area contributed by atoms with E-state index in [-0.39, 0.29) is 0 Å². The maximum atomic E-state index is 4.58. The number of nitrogens with zero attached hydrogens (tertiary/aromatic N) is 3. The van der Waals surface area contributed by atoms with Gasteiger partial charge in [0.2, 0.25) is 0 Å². The van der Waals surface area contributed by atoms with Gasteiger partial charge in [-0.25, -0.2) is 9.97 Å². The first-order chi connectivity index (χ1) is 7.25. The Bertz CT molecular complexity index is 652. The summed E-state index contributed by atoms with van der Waals surface area (Å²) in [5.41, 5.74) is 5.27. The molecule has 0 N–H and O–H groups in total. The van der Waals surface area contributed by atoms with E-state index in [1.54, 1.807) is 0 Å². The number of rotatable bonds is 0. The van der Waals surface area contributed by atoms with E-state index in [4.69, 9.17) is 0 Å². The summed E-state index contributed by atoms with van der Waals surface area (Å²) in [4.78, 5) is 8.94. The molecule has 3 heterocycles. The molecule has 3 nitrogen and oxygen atoms in total. The van der Waals surface area contributed by atoms with Gasteiger partial charge in [-0.3, -0.25) is 4.40 Å². The van der Waals surface area contributed by atoms with Crippen molar-refractivity contribution in [3.05, 3.63) is 41.7 Å². The van der Waals surface area contributed by atoms with E-state index < -0.39 is 0 Å². The van der Waals surface area contributed by atoms with Gasteiger partial charge in [-0.05, 0) is 43.2 Å². The summed E-state index contributed by atoms with van der Waals surface area (Å²) in [6, 6.07) is 6.13. The molecular weight excluding hydrogens is 186 g/mol. The Morgan fingerprint density at radius 3 is 2.93 bits per heavy atom. The fourth-order valence-electron chi connectivity index (χ4n) is 1.82. The SMILES string of the molecule is Cc1ccn2c(c1)nc1c(C)ccnc12. The Labute approximate surface area is 87.4 Å². The number of aryl methyl sites for hydroxylation is 2. The monoisotopic (exact) mass is 197 g/mol. The lowest BCUT2D eigenvalue weighted by atomic mass is 10.3. The molecule has 0 fully saturated rings. The van der Waals surface area contributed by atoms with Crippen LogP contribution in [0.25, 0.3) is 16.8 Å². The molecule has 3 rings (SSSR count). The summed E-state index contributed by atoms with van der Waals surface area (Å²) in [7, 11) is 0. The Balaban J connectivity index is 2.57. The van der Waals surface area contributed by atoms with Crippen molar-refractivity contribution in [3.63, 3.8) is 0 Å². The van der Waals surface area contributed by atoms with Crippen LogP contribution in [0.1, 0.15) is 11.1 Å². The Morgan fingerprint density at radius 2 is 2.07 bits per heavy atom. The predicted molar refractivity (Wildman–Crippen MR) is 60.0 cm³/mol. The van der Waals surface area contributed by atoms with E-state index in [1.807, 2.05) is 22.9 Å². The van der Waals surface area contributed by atoms with Crippen molar-refractivity contribution in [3.8, 4) is 0 Å². The molecular formula is C12H11N3. The first kappa shape index (κ1) is 8.41. The highest BCUT2D eigenvalue weighted by Gasteiger charge is 2.06. The summed E-state index contributed by atoms with van der Waals surface area (Å²) >= 11 is 0. The van der Waals surface area contributed by atoms with Gasteiger partial charge in [0.15, 0.2) is 5.65 Å². The zero-order valence-corrected chi connectivity index (χ0v) is 8.73. The van der Waals surface area contributed by atoms with Gasteiger partial charge in [0.05, 0.1) is 0 Å². The van der Waals surface area contributed by atoms with Gasteiger partial charge >= 0.3 is 0 Å². The van der Waals surface area contributed by atoms with Crippen molar-refractivity contribution in [1.29, 1.82) is 0 Å². The molecule has 0 spiro atoms. The lowest BCUT2D eigenvalue weighted by Gasteiger charge is -1.95. The lowest BCUT2D eigenvalue weighted by Crippen LogP contribution is -1.86. The van der Waals surface area contributed by atoms with Gasteiger partial charge in [-0.2, -0.15) is 0 Å². The van der Waals surface area contributed by atoms with E-state index in [9.17, 15) is 0 Å². The fraction of sp³-hybridized carbons (Fsp3) is 0.167. The minimum absolute atomic E-state index is 0.935. The number of hydrogen-bond donors (Lipinski definition) is 0. The van der Waals surface area contributed by atoms with Crippen LogP contribution in [-0.2, 0) is 0 Å². The average Bonchev–Trinajstić information content (AvgIpc) is 2.57. The van der Waals surface area contributed by atoms with Gasteiger partial charge in [-0.1, -0.05) is 0 Å². The van der Waals surface area contributed by atoms with Crippen molar-refractivity contribution >= 4 is 16.8 Å². The van der Waals surface area contributed by atoms with Crippen molar-refractivity contribution in [2.75, 3.05) is 0 Å². The Hall–Kier alpha value is -1.90. The molecule has 0 saturated heterocycles. The third-order valence-electron chi connectivity index (χ3n) is 2.65. The summed E-state index contributed by atoms with van der Waals surface area (Å²) in [6.45, 7) is 4.13. The third kappa shape index (κ3) is 1.13. The van der Waals surface area contributed by atoms with Gasteiger partial charge in [0.1, 0.15) is 11.2 Å². The number of imidazole rings is 1. The first-order valence-corrected chi connectivity index (χ1v) is 4.96. The van der Waals surface area contributed by atoms with E-state index in [2.05, 4.69) is 35.9 Å². The topological polar surface area (TPSA) is 30.2 Å². The normalized spacial score (nSPS) is 11.3. The second-order valence-electron chi connectivity index (χ2n) is 3.84. The Kier molecular flexibility index (Phi) is 1.57. The van der Waals surface area contributed by atoms with Crippen LogP contribution >= 0.6 is 0 Å². The molecule has 0 aliphatic heterocycles. The number of hydrogen-bond acceptors (Lipinski definition) is 2. The van der Waals surface area contributed by atoms with Crippen molar-refractivity contribution < 1.29 is 0 Å². The zero-order valence-electron chi connectivity index (χ0n) is 8.73. The second kappa shape index (κ2) is 2.79. The second-order valence-corrected chi connectivity index (χ2v) is 3.84. The molecule has 0 amide bonds. The maximum Gasteiger partial charge on any atom is 0.164 e. The van der Waals surface area contributed by atoms with Gasteiger partial charge < -0.3 is 0 Å². The summed E-state index contributed by atoms with van der Waals surface area (Å²) in [5, 5.41) is 0. The molecule has 0 saturated carbocycles. The number of aromatic nitrogens is 3. The van der Waals surface area contributed by atoms with Crippen molar-refractivity contribution in [1.82, 2.24) is 14.4 Å². The highest BCUT2D eigenvalue weighted by Crippen LogP contribution is 2.17. The van der Waals surface area contributed by atoms with Crippen LogP contribution in [0.5, 0.6) is 0 Å². The van der Waals surface area contributed by atoms with E-state index in [0.717, 1.165) is 16.8 Å². The predicted octanol–water partition coefficient (Wildman–Crippen LogP) is 2.50. The van der Waals surface area contributed by atoms with Gasteiger partial charge in [0, 0.05) is 12.4 Å². The summed E-state index contributed by atoms with van der Waals surface area (Å²) in [6.07, 6.45) is 3.85. The van der Waals surface area contributed by atoms with Crippen LogP contribution < -0.4 is 0 Å². The highest BCUT2D eigenvalue weighted by atomic mass is 15.1. The van der Waals surface area contributed by atoms with Crippen molar-refractivity contribution in [2.45, 2.75) is 13.8 Å². The summed E-state index contributed by atoms with van der Waals surface area (Å²) in [5.74, 6) is 0. The van der Waals surface area contributed by atoms with E-state index in [0.29, 0.717) is 0 Å². The highest BCUT2D eigenvalue weighted by molar-refractivity contribution is 5.79. The van der Waals surface area contributed by atoms with Crippen molar-refractivity contribution in [2.24, 2.45) is 0 Å². The van der Waals surface area contributed by atoms with Crippen LogP contribution in [0.3, 0.4) is 0 Å². The van der Waals surface area contributed by atoms with Crippen LogP contribution in [0.4, 0.5) is 0 Å². The molecule has 0 radical (unpaired) electrons. The van der Waals surface area contributed by atoms with E-state index >= 15 is 0 Å². The minimum atomic E-state index is 0.935. The third-order valence-corrected chi connectivity index (χ3v) is 2.65. The Morgan fingerprint density at radius 1 is 1.20 bits per heavy atom. The molecule has 0 aliphatic carbocycles. The molecule has 3 heteroatoms. The molecule has 0 unspecified atom stereocenters. The first-order valence-electron chi connectivity index (χ1n) is 4.96. The number of fused-ring (bicyclic) bond motifs is 3. The quantitative estimate of drug-likeness (QED) is 0.554. The summed E-state index contributed by atoms with van der Waals surface area (Å²) < 4.78 is 2.02.